The molecule has 1 unspecified atom stereocenters. The fourth-order valence-corrected chi connectivity index (χ4v) is 2.48. The zero-order valence-corrected chi connectivity index (χ0v) is 11.8. The Morgan fingerprint density at radius 1 is 1.47 bits per heavy atom. The molecule has 0 aliphatic rings. The molecule has 0 aliphatic carbocycles. The molecule has 0 aliphatic heterocycles. The summed E-state index contributed by atoms with van der Waals surface area (Å²) < 4.78 is 5.02. The number of ether oxygens (including phenoxy) is 1. The summed E-state index contributed by atoms with van der Waals surface area (Å²) in [6.45, 7) is 2.44. The highest BCUT2D eigenvalue weighted by atomic mass is 32.1. The first-order valence-electron chi connectivity index (χ1n) is 6.01. The lowest BCUT2D eigenvalue weighted by molar-refractivity contribution is 0.178. The maximum Gasteiger partial charge on any atom is 0.158 e. The van der Waals surface area contributed by atoms with Gasteiger partial charge in [0.2, 0.25) is 0 Å². The second-order valence-corrected chi connectivity index (χ2v) is 4.93. The number of nitrogen functional groups attached to an aromatic ring is 1. The summed E-state index contributed by atoms with van der Waals surface area (Å²) in [6.07, 6.45) is 2.71. The van der Waals surface area contributed by atoms with Crippen molar-refractivity contribution in [3.05, 3.63) is 28.5 Å². The van der Waals surface area contributed by atoms with Gasteiger partial charge in [0.05, 0.1) is 6.04 Å². The van der Waals surface area contributed by atoms with Crippen LogP contribution >= 0.6 is 11.3 Å². The van der Waals surface area contributed by atoms with Crippen LogP contribution in [0.5, 0.6) is 0 Å². The van der Waals surface area contributed by atoms with E-state index in [1.165, 1.54) is 0 Å². The molecule has 6 nitrogen and oxygen atoms in total. The minimum Gasteiger partial charge on any atom is -0.384 e. The van der Waals surface area contributed by atoms with Crippen LogP contribution in [-0.4, -0.2) is 22.1 Å². The Morgan fingerprint density at radius 2 is 2.32 bits per heavy atom. The van der Waals surface area contributed by atoms with Crippen molar-refractivity contribution in [2.24, 2.45) is 0 Å². The molecule has 2 heterocycles. The van der Waals surface area contributed by atoms with Crippen LogP contribution in [0.3, 0.4) is 0 Å². The number of nitrogens with two attached hydrogens (primary N) is 1. The van der Waals surface area contributed by atoms with Crippen molar-refractivity contribution in [2.45, 2.75) is 26.0 Å². The van der Waals surface area contributed by atoms with Gasteiger partial charge in [0.1, 0.15) is 23.3 Å². The predicted octanol–water partition coefficient (Wildman–Crippen LogP) is 2.22. The van der Waals surface area contributed by atoms with E-state index in [4.69, 9.17) is 10.5 Å². The van der Waals surface area contributed by atoms with Gasteiger partial charge in [-0.25, -0.2) is 15.0 Å². The van der Waals surface area contributed by atoms with Gasteiger partial charge in [0.15, 0.2) is 5.82 Å². The van der Waals surface area contributed by atoms with Crippen LogP contribution < -0.4 is 11.1 Å². The molecule has 0 saturated carbocycles. The fraction of sp³-hybridized carbons (Fsp3) is 0.417. The van der Waals surface area contributed by atoms with Gasteiger partial charge in [0.25, 0.3) is 0 Å². The molecule has 2 aromatic heterocycles. The molecule has 19 heavy (non-hydrogen) atoms. The van der Waals surface area contributed by atoms with Gasteiger partial charge in [-0.1, -0.05) is 6.92 Å². The largest absolute Gasteiger partial charge is 0.384 e. The molecule has 0 saturated heterocycles. The molecule has 0 fully saturated rings. The van der Waals surface area contributed by atoms with Crippen molar-refractivity contribution in [1.29, 1.82) is 0 Å². The van der Waals surface area contributed by atoms with Crippen molar-refractivity contribution in [3.63, 3.8) is 0 Å². The first kappa shape index (κ1) is 13.7. The van der Waals surface area contributed by atoms with Crippen LogP contribution in [0, 0.1) is 0 Å². The van der Waals surface area contributed by atoms with Crippen molar-refractivity contribution >= 4 is 23.0 Å². The molecule has 0 bridgehead atoms. The maximum atomic E-state index is 5.77. The van der Waals surface area contributed by atoms with Gasteiger partial charge in [-0.2, -0.15) is 0 Å². The average molecular weight is 279 g/mol. The number of rotatable bonds is 6. The minimum absolute atomic E-state index is 0.129. The highest BCUT2D eigenvalue weighted by Crippen LogP contribution is 2.23. The lowest BCUT2D eigenvalue weighted by Gasteiger charge is -2.15. The summed E-state index contributed by atoms with van der Waals surface area (Å²) >= 11 is 1.62. The highest BCUT2D eigenvalue weighted by Gasteiger charge is 2.13. The Labute approximate surface area is 116 Å². The van der Waals surface area contributed by atoms with E-state index in [0.29, 0.717) is 24.1 Å². The summed E-state index contributed by atoms with van der Waals surface area (Å²) in [6, 6.07) is 1.85. The standard InChI is InChI=1S/C12H17N5OS/c1-3-8(12-14-4-5-19-12)15-10-6-9(13)16-11(17-10)7-18-2/h4-6,8H,3,7H2,1-2H3,(H3,13,15,16,17). The molecular formula is C12H17N5OS. The van der Waals surface area contributed by atoms with Gasteiger partial charge < -0.3 is 15.8 Å². The summed E-state index contributed by atoms with van der Waals surface area (Å²) in [5, 5.41) is 6.33. The molecule has 0 aromatic carbocycles. The van der Waals surface area contributed by atoms with Crippen molar-refractivity contribution in [2.75, 3.05) is 18.2 Å². The molecule has 0 radical (unpaired) electrons. The van der Waals surface area contributed by atoms with E-state index in [2.05, 4.69) is 27.2 Å². The molecule has 2 rings (SSSR count). The number of methoxy groups -OCH3 is 1. The van der Waals surface area contributed by atoms with Crippen molar-refractivity contribution in [3.8, 4) is 0 Å². The number of aromatic nitrogens is 3. The second kappa shape index (κ2) is 6.44. The van der Waals surface area contributed by atoms with Crippen LogP contribution in [0.25, 0.3) is 0 Å². The summed E-state index contributed by atoms with van der Waals surface area (Å²) in [7, 11) is 1.60. The van der Waals surface area contributed by atoms with Gasteiger partial charge in [-0.15, -0.1) is 11.3 Å². The van der Waals surface area contributed by atoms with Crippen LogP contribution in [0.2, 0.25) is 0 Å². The van der Waals surface area contributed by atoms with E-state index >= 15 is 0 Å². The Hall–Kier alpha value is -1.73. The SMILES string of the molecule is CCC(Nc1cc(N)nc(COC)n1)c1nccs1. The van der Waals surface area contributed by atoms with Gasteiger partial charge in [-0.05, 0) is 6.42 Å². The first-order valence-corrected chi connectivity index (χ1v) is 6.89. The maximum absolute atomic E-state index is 5.77. The summed E-state index contributed by atoms with van der Waals surface area (Å²) in [4.78, 5) is 12.8. The van der Waals surface area contributed by atoms with Gasteiger partial charge in [0, 0.05) is 24.8 Å². The number of nitrogens with zero attached hydrogens (tertiary/aromatic N) is 3. The molecule has 102 valence electrons. The van der Waals surface area contributed by atoms with E-state index < -0.39 is 0 Å². The Bertz CT molecular complexity index is 517. The van der Waals surface area contributed by atoms with E-state index in [9.17, 15) is 0 Å². The van der Waals surface area contributed by atoms with Gasteiger partial charge in [-0.3, -0.25) is 0 Å². The monoisotopic (exact) mass is 279 g/mol. The van der Waals surface area contributed by atoms with Crippen LogP contribution in [-0.2, 0) is 11.3 Å². The molecule has 0 amide bonds. The van der Waals surface area contributed by atoms with Crippen molar-refractivity contribution in [1.82, 2.24) is 15.0 Å². The number of hydrogen-bond donors (Lipinski definition) is 2. The zero-order valence-electron chi connectivity index (χ0n) is 11.0. The number of hydrogen-bond acceptors (Lipinski definition) is 7. The third-order valence-electron chi connectivity index (χ3n) is 2.55. The minimum atomic E-state index is 0.129. The van der Waals surface area contributed by atoms with Crippen LogP contribution in [0.4, 0.5) is 11.6 Å². The summed E-state index contributed by atoms with van der Waals surface area (Å²) in [5.74, 6) is 1.69. The Morgan fingerprint density at radius 3 is 2.95 bits per heavy atom. The second-order valence-electron chi connectivity index (χ2n) is 4.00. The van der Waals surface area contributed by atoms with E-state index in [0.717, 1.165) is 11.4 Å². The number of anilines is 2. The smallest absolute Gasteiger partial charge is 0.158 e. The normalized spacial score (nSPS) is 12.3. The molecule has 7 heteroatoms. The molecular weight excluding hydrogens is 262 g/mol. The van der Waals surface area contributed by atoms with E-state index in [1.807, 2.05) is 5.38 Å². The van der Waals surface area contributed by atoms with E-state index in [1.54, 1.807) is 30.7 Å². The average Bonchev–Trinajstić information content (AvgIpc) is 2.89. The predicted molar refractivity (Wildman–Crippen MR) is 75.9 cm³/mol. The Balaban J connectivity index is 2.17. The lowest BCUT2D eigenvalue weighted by atomic mass is 10.2. The van der Waals surface area contributed by atoms with Gasteiger partial charge >= 0.3 is 0 Å². The quantitative estimate of drug-likeness (QED) is 0.843. The zero-order chi connectivity index (χ0) is 13.7. The first-order chi connectivity index (χ1) is 9.22. The Kier molecular flexibility index (Phi) is 4.64. The van der Waals surface area contributed by atoms with Crippen LogP contribution in [0.1, 0.15) is 30.2 Å². The molecule has 1 atom stereocenters. The third kappa shape index (κ3) is 3.62. The molecule has 0 spiro atoms. The third-order valence-corrected chi connectivity index (χ3v) is 3.43. The van der Waals surface area contributed by atoms with Crippen molar-refractivity contribution < 1.29 is 4.74 Å². The number of nitrogens with one attached hydrogen (secondary N) is 1. The lowest BCUT2D eigenvalue weighted by Crippen LogP contribution is -2.12. The number of thiazole rings is 1. The van der Waals surface area contributed by atoms with E-state index in [-0.39, 0.29) is 6.04 Å². The topological polar surface area (TPSA) is 86.0 Å². The summed E-state index contributed by atoms with van der Waals surface area (Å²) in [5.41, 5.74) is 5.77. The highest BCUT2D eigenvalue weighted by molar-refractivity contribution is 7.09. The molecule has 2 aromatic rings. The fourth-order valence-electron chi connectivity index (χ4n) is 1.71. The van der Waals surface area contributed by atoms with Crippen LogP contribution in [0.15, 0.2) is 17.6 Å². The molecule has 3 N–H and O–H groups in total.